The van der Waals surface area contributed by atoms with Gasteiger partial charge in [0.25, 0.3) is 0 Å². The van der Waals surface area contributed by atoms with Gasteiger partial charge in [-0.05, 0) is 52.4 Å². The standard InChI is InChI=1S/C16H31NO4/c1-11(2)9-13(17-15(19)21-16(3,4)5)14-8-6-7-12(10-18)20-14/h11-14,18H,6-10H2,1-5H3,(H,17,19)/t12-,13+,14+/m1/s1. The molecule has 0 unspecified atom stereocenters. The van der Waals surface area contributed by atoms with Crippen molar-refractivity contribution in [2.75, 3.05) is 6.61 Å². The lowest BCUT2D eigenvalue weighted by Gasteiger charge is -2.36. The smallest absolute Gasteiger partial charge is 0.407 e. The molecule has 1 aliphatic rings. The van der Waals surface area contributed by atoms with Crippen LogP contribution in [0.3, 0.4) is 0 Å². The van der Waals surface area contributed by atoms with Crippen LogP contribution in [0.15, 0.2) is 0 Å². The number of carbonyl (C=O) groups is 1. The van der Waals surface area contributed by atoms with Gasteiger partial charge in [0.05, 0.1) is 24.9 Å². The zero-order valence-corrected chi connectivity index (χ0v) is 14.0. The summed E-state index contributed by atoms with van der Waals surface area (Å²) in [7, 11) is 0. The van der Waals surface area contributed by atoms with Crippen LogP contribution in [-0.2, 0) is 9.47 Å². The van der Waals surface area contributed by atoms with Crippen molar-refractivity contribution in [1.82, 2.24) is 5.32 Å². The third-order valence-corrected chi connectivity index (χ3v) is 3.46. The van der Waals surface area contributed by atoms with Crippen LogP contribution < -0.4 is 5.32 Å². The number of nitrogens with one attached hydrogen (secondary N) is 1. The fourth-order valence-corrected chi connectivity index (χ4v) is 2.63. The number of carbonyl (C=O) groups excluding carboxylic acids is 1. The minimum atomic E-state index is -0.506. The zero-order chi connectivity index (χ0) is 16.0. The summed E-state index contributed by atoms with van der Waals surface area (Å²) >= 11 is 0. The first-order chi connectivity index (χ1) is 9.71. The molecule has 3 atom stereocenters. The number of rotatable bonds is 5. The molecule has 0 aromatic heterocycles. The first-order valence-corrected chi connectivity index (χ1v) is 7.97. The van der Waals surface area contributed by atoms with E-state index in [2.05, 4.69) is 19.2 Å². The summed E-state index contributed by atoms with van der Waals surface area (Å²) < 4.78 is 11.2. The first-order valence-electron chi connectivity index (χ1n) is 7.97. The van der Waals surface area contributed by atoms with Gasteiger partial charge in [-0.1, -0.05) is 13.8 Å². The lowest BCUT2D eigenvalue weighted by atomic mass is 9.93. The fourth-order valence-electron chi connectivity index (χ4n) is 2.63. The van der Waals surface area contributed by atoms with Crippen molar-refractivity contribution in [2.45, 2.75) is 84.2 Å². The van der Waals surface area contributed by atoms with Gasteiger partial charge >= 0.3 is 6.09 Å². The predicted octanol–water partition coefficient (Wildman–Crippen LogP) is 2.86. The van der Waals surface area contributed by atoms with E-state index in [-0.39, 0.29) is 24.9 Å². The summed E-state index contributed by atoms with van der Waals surface area (Å²) in [5.41, 5.74) is -0.506. The second-order valence-corrected chi connectivity index (χ2v) is 7.29. The Kier molecular flexibility index (Phi) is 6.94. The average Bonchev–Trinajstić information content (AvgIpc) is 2.35. The molecular weight excluding hydrogens is 270 g/mol. The average molecular weight is 301 g/mol. The summed E-state index contributed by atoms with van der Waals surface area (Å²) in [4.78, 5) is 12.0. The van der Waals surface area contributed by atoms with E-state index in [0.29, 0.717) is 5.92 Å². The number of alkyl carbamates (subject to hydrolysis) is 1. The topological polar surface area (TPSA) is 67.8 Å². The molecule has 1 rings (SSSR count). The fraction of sp³-hybridized carbons (Fsp3) is 0.938. The number of hydrogen-bond donors (Lipinski definition) is 2. The normalized spacial score (nSPS) is 24.7. The Hall–Kier alpha value is -0.810. The predicted molar refractivity (Wildman–Crippen MR) is 82.2 cm³/mol. The van der Waals surface area contributed by atoms with Gasteiger partial charge in [-0.2, -0.15) is 0 Å². The molecule has 1 aliphatic heterocycles. The third-order valence-electron chi connectivity index (χ3n) is 3.46. The molecule has 0 aliphatic carbocycles. The third kappa shape index (κ3) is 7.14. The molecule has 0 radical (unpaired) electrons. The maximum atomic E-state index is 12.0. The van der Waals surface area contributed by atoms with E-state index < -0.39 is 11.7 Å². The summed E-state index contributed by atoms with van der Waals surface area (Å²) in [5.74, 6) is 0.447. The van der Waals surface area contributed by atoms with E-state index in [1.54, 1.807) is 0 Å². The van der Waals surface area contributed by atoms with Crippen LogP contribution in [0.25, 0.3) is 0 Å². The number of amides is 1. The number of aliphatic hydroxyl groups excluding tert-OH is 1. The van der Waals surface area contributed by atoms with Crippen LogP contribution >= 0.6 is 0 Å². The highest BCUT2D eigenvalue weighted by molar-refractivity contribution is 5.68. The van der Waals surface area contributed by atoms with Crippen LogP contribution in [0, 0.1) is 5.92 Å². The molecular formula is C16H31NO4. The summed E-state index contributed by atoms with van der Waals surface area (Å²) in [6.45, 7) is 9.83. The van der Waals surface area contributed by atoms with Crippen LogP contribution in [0.1, 0.15) is 60.3 Å². The summed E-state index contributed by atoms with van der Waals surface area (Å²) in [5, 5.41) is 12.2. The van der Waals surface area contributed by atoms with Crippen molar-refractivity contribution in [1.29, 1.82) is 0 Å². The van der Waals surface area contributed by atoms with Crippen molar-refractivity contribution in [3.05, 3.63) is 0 Å². The highest BCUT2D eigenvalue weighted by atomic mass is 16.6. The molecule has 1 fully saturated rings. The van der Waals surface area contributed by atoms with Crippen LogP contribution in [-0.4, -0.2) is 41.7 Å². The Bertz CT molecular complexity index is 325. The van der Waals surface area contributed by atoms with Gasteiger partial charge in [0.15, 0.2) is 0 Å². The highest BCUT2D eigenvalue weighted by Crippen LogP contribution is 2.24. The van der Waals surface area contributed by atoms with Gasteiger partial charge in [0, 0.05) is 0 Å². The molecule has 21 heavy (non-hydrogen) atoms. The van der Waals surface area contributed by atoms with Gasteiger partial charge < -0.3 is 19.9 Å². The van der Waals surface area contributed by atoms with Gasteiger partial charge in [-0.25, -0.2) is 4.79 Å². The first kappa shape index (κ1) is 18.2. The van der Waals surface area contributed by atoms with E-state index in [9.17, 15) is 9.90 Å². The van der Waals surface area contributed by atoms with E-state index in [0.717, 1.165) is 25.7 Å². The Morgan fingerprint density at radius 1 is 1.38 bits per heavy atom. The number of ether oxygens (including phenoxy) is 2. The van der Waals surface area contributed by atoms with Crippen molar-refractivity contribution in [3.8, 4) is 0 Å². The molecule has 0 saturated carbocycles. The molecule has 0 bridgehead atoms. The molecule has 5 nitrogen and oxygen atoms in total. The molecule has 0 spiro atoms. The second-order valence-electron chi connectivity index (χ2n) is 7.29. The molecule has 0 aromatic carbocycles. The molecule has 124 valence electrons. The minimum absolute atomic E-state index is 0.0390. The second kappa shape index (κ2) is 7.99. The number of aliphatic hydroxyl groups is 1. The van der Waals surface area contributed by atoms with E-state index in [4.69, 9.17) is 9.47 Å². The number of hydrogen-bond acceptors (Lipinski definition) is 4. The molecule has 1 amide bonds. The van der Waals surface area contributed by atoms with Crippen LogP contribution in [0.2, 0.25) is 0 Å². The lowest BCUT2D eigenvalue weighted by Crippen LogP contribution is -2.49. The van der Waals surface area contributed by atoms with Crippen LogP contribution in [0.4, 0.5) is 4.79 Å². The summed E-state index contributed by atoms with van der Waals surface area (Å²) in [6.07, 6.45) is 3.08. The lowest BCUT2D eigenvalue weighted by molar-refractivity contribution is -0.0881. The Morgan fingerprint density at radius 3 is 2.57 bits per heavy atom. The van der Waals surface area contributed by atoms with Gasteiger partial charge in [0.2, 0.25) is 0 Å². The maximum Gasteiger partial charge on any atom is 0.407 e. The van der Waals surface area contributed by atoms with Crippen LogP contribution in [0.5, 0.6) is 0 Å². The van der Waals surface area contributed by atoms with Gasteiger partial charge in [0.1, 0.15) is 5.60 Å². The SMILES string of the molecule is CC(C)C[C@H](NC(=O)OC(C)(C)C)[C@@H]1CCC[C@H](CO)O1. The van der Waals surface area contributed by atoms with E-state index in [1.165, 1.54) is 0 Å². The minimum Gasteiger partial charge on any atom is -0.444 e. The molecule has 2 N–H and O–H groups in total. The highest BCUT2D eigenvalue weighted by Gasteiger charge is 2.31. The monoisotopic (exact) mass is 301 g/mol. The Labute approximate surface area is 128 Å². The zero-order valence-electron chi connectivity index (χ0n) is 14.0. The molecule has 1 saturated heterocycles. The molecule has 1 heterocycles. The maximum absolute atomic E-state index is 12.0. The Morgan fingerprint density at radius 2 is 2.05 bits per heavy atom. The van der Waals surface area contributed by atoms with Crippen molar-refractivity contribution in [3.63, 3.8) is 0 Å². The molecule has 5 heteroatoms. The largest absolute Gasteiger partial charge is 0.444 e. The molecule has 0 aromatic rings. The van der Waals surface area contributed by atoms with Gasteiger partial charge in [-0.3, -0.25) is 0 Å². The van der Waals surface area contributed by atoms with Crippen molar-refractivity contribution in [2.24, 2.45) is 5.92 Å². The van der Waals surface area contributed by atoms with Crippen molar-refractivity contribution >= 4 is 6.09 Å². The summed E-state index contributed by atoms with van der Waals surface area (Å²) in [6, 6.07) is -0.0748. The Balaban J connectivity index is 2.64. The van der Waals surface area contributed by atoms with Gasteiger partial charge in [-0.15, -0.1) is 0 Å². The van der Waals surface area contributed by atoms with Crippen molar-refractivity contribution < 1.29 is 19.4 Å². The quantitative estimate of drug-likeness (QED) is 0.819. The van der Waals surface area contributed by atoms with E-state index >= 15 is 0 Å². The van der Waals surface area contributed by atoms with E-state index in [1.807, 2.05) is 20.8 Å².